The van der Waals surface area contributed by atoms with Gasteiger partial charge in [0.1, 0.15) is 0 Å². The lowest BCUT2D eigenvalue weighted by Crippen LogP contribution is -2.24. The van der Waals surface area contributed by atoms with Gasteiger partial charge in [0.25, 0.3) is 5.78 Å². The summed E-state index contributed by atoms with van der Waals surface area (Å²) < 4.78 is 37.0. The quantitative estimate of drug-likeness (QED) is 0.673. The van der Waals surface area contributed by atoms with Crippen LogP contribution in [0.25, 0.3) is 0 Å². The largest absolute Gasteiger partial charge is 0.454 e. The molecule has 0 aliphatic heterocycles. The minimum atomic E-state index is -4.81. The Labute approximate surface area is 92.3 Å². The second kappa shape index (κ2) is 3.92. The van der Waals surface area contributed by atoms with Crippen molar-refractivity contribution in [1.29, 1.82) is 0 Å². The number of alkyl halides is 3. The molecular formula is C12H13F3O. The van der Waals surface area contributed by atoms with Crippen LogP contribution < -0.4 is 0 Å². The lowest BCUT2D eigenvalue weighted by Gasteiger charge is -2.14. The van der Waals surface area contributed by atoms with Crippen LogP contribution in [0, 0.1) is 27.7 Å². The van der Waals surface area contributed by atoms with Crippen LogP contribution in [0.15, 0.2) is 6.07 Å². The maximum Gasteiger partial charge on any atom is 0.454 e. The number of carbonyl (C=O) groups is 1. The van der Waals surface area contributed by atoms with Crippen LogP contribution >= 0.6 is 0 Å². The minimum absolute atomic E-state index is 0.242. The summed E-state index contributed by atoms with van der Waals surface area (Å²) in [4.78, 5) is 11.2. The van der Waals surface area contributed by atoms with E-state index in [0.717, 1.165) is 11.1 Å². The highest BCUT2D eigenvalue weighted by Gasteiger charge is 2.40. The van der Waals surface area contributed by atoms with E-state index in [2.05, 4.69) is 0 Å². The zero-order chi connectivity index (χ0) is 12.7. The number of carbonyl (C=O) groups excluding carboxylic acids is 1. The van der Waals surface area contributed by atoms with Crippen molar-refractivity contribution in [3.8, 4) is 0 Å². The second-order valence-electron chi connectivity index (χ2n) is 3.94. The normalized spacial score (nSPS) is 11.7. The predicted octanol–water partition coefficient (Wildman–Crippen LogP) is 3.67. The molecule has 0 aromatic heterocycles. The molecule has 0 saturated heterocycles. The Morgan fingerprint density at radius 3 is 1.94 bits per heavy atom. The van der Waals surface area contributed by atoms with E-state index in [9.17, 15) is 18.0 Å². The molecular weight excluding hydrogens is 217 g/mol. The van der Waals surface area contributed by atoms with Crippen molar-refractivity contribution in [2.75, 3.05) is 0 Å². The highest BCUT2D eigenvalue weighted by Crippen LogP contribution is 2.27. The van der Waals surface area contributed by atoms with Crippen molar-refractivity contribution in [1.82, 2.24) is 0 Å². The molecule has 0 amide bonds. The van der Waals surface area contributed by atoms with E-state index >= 15 is 0 Å². The van der Waals surface area contributed by atoms with Crippen LogP contribution in [0.5, 0.6) is 0 Å². The van der Waals surface area contributed by atoms with Crippen molar-refractivity contribution in [2.24, 2.45) is 0 Å². The van der Waals surface area contributed by atoms with Crippen LogP contribution in [0.1, 0.15) is 32.6 Å². The molecule has 1 aromatic rings. The van der Waals surface area contributed by atoms with Crippen molar-refractivity contribution in [3.63, 3.8) is 0 Å². The number of aryl methyl sites for hydroxylation is 1. The fraction of sp³-hybridized carbons (Fsp3) is 0.417. The SMILES string of the molecule is Cc1cc(C(=O)C(F)(F)F)c(C)c(C)c1C. The first kappa shape index (κ1) is 12.7. The predicted molar refractivity (Wildman–Crippen MR) is 55.8 cm³/mol. The van der Waals surface area contributed by atoms with E-state index in [1.54, 1.807) is 20.8 Å². The third-order valence-corrected chi connectivity index (χ3v) is 2.98. The molecule has 0 bridgehead atoms. The van der Waals surface area contributed by atoms with Crippen molar-refractivity contribution in [2.45, 2.75) is 33.9 Å². The summed E-state index contributed by atoms with van der Waals surface area (Å²) in [7, 11) is 0. The third kappa shape index (κ3) is 2.10. The molecule has 0 fully saturated rings. The molecule has 0 unspecified atom stereocenters. The number of hydrogen-bond donors (Lipinski definition) is 0. The van der Waals surface area contributed by atoms with Gasteiger partial charge >= 0.3 is 6.18 Å². The maximum atomic E-state index is 12.3. The average molecular weight is 230 g/mol. The summed E-state index contributed by atoms with van der Waals surface area (Å²) in [5.74, 6) is -1.77. The lowest BCUT2D eigenvalue weighted by molar-refractivity contribution is -0.0885. The third-order valence-electron chi connectivity index (χ3n) is 2.98. The zero-order valence-corrected chi connectivity index (χ0v) is 9.62. The summed E-state index contributed by atoms with van der Waals surface area (Å²) in [5, 5.41) is 0. The Bertz CT molecular complexity index is 445. The highest BCUT2D eigenvalue weighted by atomic mass is 19.4. The smallest absolute Gasteiger partial charge is 0.284 e. The maximum absolute atomic E-state index is 12.3. The number of benzene rings is 1. The fourth-order valence-corrected chi connectivity index (χ4v) is 1.60. The van der Waals surface area contributed by atoms with Gasteiger partial charge < -0.3 is 0 Å². The van der Waals surface area contributed by atoms with E-state index in [-0.39, 0.29) is 5.56 Å². The van der Waals surface area contributed by atoms with Gasteiger partial charge in [-0.15, -0.1) is 0 Å². The van der Waals surface area contributed by atoms with Gasteiger partial charge in [-0.2, -0.15) is 13.2 Å². The van der Waals surface area contributed by atoms with Gasteiger partial charge in [-0.05, 0) is 56.0 Å². The van der Waals surface area contributed by atoms with Gasteiger partial charge in [0.15, 0.2) is 0 Å². The first-order valence-corrected chi connectivity index (χ1v) is 4.85. The molecule has 1 rings (SSSR count). The summed E-state index contributed by atoms with van der Waals surface area (Å²) >= 11 is 0. The molecule has 0 atom stereocenters. The molecule has 1 nitrogen and oxygen atoms in total. The minimum Gasteiger partial charge on any atom is -0.284 e. The van der Waals surface area contributed by atoms with Crippen LogP contribution in [-0.2, 0) is 0 Å². The summed E-state index contributed by atoms with van der Waals surface area (Å²) in [5.41, 5.74) is 2.54. The standard InChI is InChI=1S/C12H13F3O/c1-6-5-10(11(16)12(13,14)15)9(4)8(3)7(6)2/h5H,1-4H3. The monoisotopic (exact) mass is 230 g/mol. The molecule has 88 valence electrons. The molecule has 0 saturated carbocycles. The Hall–Kier alpha value is -1.32. The van der Waals surface area contributed by atoms with Crippen LogP contribution in [-0.4, -0.2) is 12.0 Å². The number of Topliss-reactive ketones (excluding diaryl/α,β-unsaturated/α-hetero) is 1. The molecule has 0 N–H and O–H groups in total. The summed E-state index contributed by atoms with van der Waals surface area (Å²) in [6, 6.07) is 1.31. The molecule has 4 heteroatoms. The summed E-state index contributed by atoms with van der Waals surface area (Å²) in [6.45, 7) is 6.81. The van der Waals surface area contributed by atoms with Crippen molar-refractivity contribution in [3.05, 3.63) is 33.9 Å². The van der Waals surface area contributed by atoms with E-state index in [0.29, 0.717) is 11.1 Å². The van der Waals surface area contributed by atoms with Gasteiger partial charge in [-0.3, -0.25) is 4.79 Å². The van der Waals surface area contributed by atoms with E-state index < -0.39 is 12.0 Å². The molecule has 0 aliphatic carbocycles. The molecule has 0 aliphatic rings. The van der Waals surface area contributed by atoms with Crippen LogP contribution in [0.2, 0.25) is 0 Å². The first-order valence-electron chi connectivity index (χ1n) is 4.85. The number of halogens is 3. The Morgan fingerprint density at radius 1 is 1.00 bits per heavy atom. The topological polar surface area (TPSA) is 17.1 Å². The fourth-order valence-electron chi connectivity index (χ4n) is 1.60. The van der Waals surface area contributed by atoms with Gasteiger partial charge in [0.2, 0.25) is 0 Å². The highest BCUT2D eigenvalue weighted by molar-refractivity contribution is 6.02. The Morgan fingerprint density at radius 2 is 1.50 bits per heavy atom. The number of ketones is 1. The molecule has 16 heavy (non-hydrogen) atoms. The van der Waals surface area contributed by atoms with Gasteiger partial charge in [0.05, 0.1) is 0 Å². The molecule has 0 heterocycles. The number of hydrogen-bond acceptors (Lipinski definition) is 1. The van der Waals surface area contributed by atoms with E-state index in [4.69, 9.17) is 0 Å². The average Bonchev–Trinajstić information content (AvgIpc) is 2.18. The molecule has 0 spiro atoms. The Kier molecular flexibility index (Phi) is 3.13. The molecule has 0 radical (unpaired) electrons. The van der Waals surface area contributed by atoms with Crippen LogP contribution in [0.4, 0.5) is 13.2 Å². The zero-order valence-electron chi connectivity index (χ0n) is 9.62. The second-order valence-corrected chi connectivity index (χ2v) is 3.94. The van der Waals surface area contributed by atoms with Gasteiger partial charge in [0, 0.05) is 5.56 Å². The van der Waals surface area contributed by atoms with Gasteiger partial charge in [-0.1, -0.05) is 0 Å². The molecule has 1 aromatic carbocycles. The lowest BCUT2D eigenvalue weighted by atomic mass is 9.92. The van der Waals surface area contributed by atoms with Crippen molar-refractivity contribution >= 4 is 5.78 Å². The van der Waals surface area contributed by atoms with Crippen molar-refractivity contribution < 1.29 is 18.0 Å². The summed E-state index contributed by atoms with van der Waals surface area (Å²) in [6.07, 6.45) is -4.81. The number of rotatable bonds is 1. The van der Waals surface area contributed by atoms with Crippen LogP contribution in [0.3, 0.4) is 0 Å². The Balaban J connectivity index is 3.43. The first-order chi connectivity index (χ1) is 7.16. The van der Waals surface area contributed by atoms with Gasteiger partial charge in [-0.25, -0.2) is 0 Å². The van der Waals surface area contributed by atoms with E-state index in [1.165, 1.54) is 6.07 Å². The van der Waals surface area contributed by atoms with E-state index in [1.807, 2.05) is 6.92 Å².